The maximum atomic E-state index is 11.5. The van der Waals surface area contributed by atoms with E-state index in [-0.39, 0.29) is 17.5 Å². The second-order valence-corrected chi connectivity index (χ2v) is 7.33. The van der Waals surface area contributed by atoms with E-state index in [9.17, 15) is 8.42 Å². The summed E-state index contributed by atoms with van der Waals surface area (Å²) in [6.45, 7) is 0.676. The zero-order valence-electron chi connectivity index (χ0n) is 11.1. The van der Waals surface area contributed by atoms with E-state index in [2.05, 4.69) is 10.4 Å². The third kappa shape index (κ3) is 3.01. The predicted octanol–water partition coefficient (Wildman–Crippen LogP) is 1.53. The van der Waals surface area contributed by atoms with Crippen LogP contribution in [0.2, 0.25) is 0 Å². The summed E-state index contributed by atoms with van der Waals surface area (Å²) in [7, 11) is -2.86. The highest BCUT2D eigenvalue weighted by Crippen LogP contribution is 2.21. The van der Waals surface area contributed by atoms with Gasteiger partial charge < -0.3 is 5.32 Å². The Balaban J connectivity index is 1.76. The fraction of sp³-hybridized carbons (Fsp3) is 0.357. The normalized spacial score (nSPS) is 20.9. The third-order valence-corrected chi connectivity index (χ3v) is 5.27. The summed E-state index contributed by atoms with van der Waals surface area (Å²) in [5.41, 5.74) is 2.10. The molecule has 1 unspecified atom stereocenters. The molecule has 6 heteroatoms. The SMILES string of the molecule is O=S1(=O)CCC(Nc2ccccc2Cn2cccn2)C1. The standard InChI is InChI=1S/C14H17N3O2S/c18-20(19)9-6-13(11-20)16-14-5-2-1-4-12(14)10-17-8-3-7-15-17/h1-5,7-8,13,16H,6,9-11H2. The number of rotatable bonds is 4. The highest BCUT2D eigenvalue weighted by atomic mass is 32.2. The molecule has 0 spiro atoms. The Morgan fingerprint density at radius 1 is 1.30 bits per heavy atom. The summed E-state index contributed by atoms with van der Waals surface area (Å²) in [5, 5.41) is 7.56. The molecule has 1 N–H and O–H groups in total. The minimum absolute atomic E-state index is 0.0128. The van der Waals surface area contributed by atoms with Crippen molar-refractivity contribution in [2.24, 2.45) is 0 Å². The number of sulfone groups is 1. The molecule has 20 heavy (non-hydrogen) atoms. The number of nitrogens with one attached hydrogen (secondary N) is 1. The Labute approximate surface area is 118 Å². The number of hydrogen-bond acceptors (Lipinski definition) is 4. The highest BCUT2D eigenvalue weighted by molar-refractivity contribution is 7.91. The number of para-hydroxylation sites is 1. The first-order chi connectivity index (χ1) is 9.62. The van der Waals surface area contributed by atoms with Gasteiger partial charge in [0.1, 0.15) is 0 Å². The van der Waals surface area contributed by atoms with E-state index in [4.69, 9.17) is 0 Å². The molecule has 5 nitrogen and oxygen atoms in total. The summed E-state index contributed by atoms with van der Waals surface area (Å²) >= 11 is 0. The summed E-state index contributed by atoms with van der Waals surface area (Å²) in [4.78, 5) is 0. The minimum Gasteiger partial charge on any atom is -0.381 e. The second kappa shape index (κ2) is 5.28. The van der Waals surface area contributed by atoms with Crippen LogP contribution in [0, 0.1) is 0 Å². The van der Waals surface area contributed by atoms with E-state index >= 15 is 0 Å². The van der Waals surface area contributed by atoms with Crippen LogP contribution in [0.15, 0.2) is 42.7 Å². The Hall–Kier alpha value is -1.82. The van der Waals surface area contributed by atoms with Gasteiger partial charge in [0, 0.05) is 24.1 Å². The van der Waals surface area contributed by atoms with E-state index in [0.29, 0.717) is 13.0 Å². The lowest BCUT2D eigenvalue weighted by Crippen LogP contribution is -2.21. The lowest BCUT2D eigenvalue weighted by Gasteiger charge is -2.16. The molecule has 1 aliphatic heterocycles. The van der Waals surface area contributed by atoms with E-state index in [1.165, 1.54) is 0 Å². The van der Waals surface area contributed by atoms with E-state index in [1.807, 2.05) is 41.2 Å². The molecule has 0 saturated carbocycles. The number of benzene rings is 1. The molecule has 0 aliphatic carbocycles. The van der Waals surface area contributed by atoms with Crippen LogP contribution >= 0.6 is 0 Å². The van der Waals surface area contributed by atoms with Crippen LogP contribution in [0.3, 0.4) is 0 Å². The summed E-state index contributed by atoms with van der Waals surface area (Å²) < 4.78 is 24.9. The van der Waals surface area contributed by atoms with Crippen molar-refractivity contribution in [3.05, 3.63) is 48.3 Å². The zero-order chi connectivity index (χ0) is 14.0. The van der Waals surface area contributed by atoms with Gasteiger partial charge in [-0.1, -0.05) is 18.2 Å². The van der Waals surface area contributed by atoms with Gasteiger partial charge in [0.05, 0.1) is 18.1 Å². The quantitative estimate of drug-likeness (QED) is 0.928. The average Bonchev–Trinajstić information content (AvgIpc) is 3.02. The molecule has 1 aliphatic rings. The van der Waals surface area contributed by atoms with Crippen LogP contribution in [0.4, 0.5) is 5.69 Å². The molecule has 0 bridgehead atoms. The Bertz CT molecular complexity index is 680. The molecule has 1 atom stereocenters. The van der Waals surface area contributed by atoms with Gasteiger partial charge in [0.2, 0.25) is 0 Å². The fourth-order valence-corrected chi connectivity index (χ4v) is 4.17. The van der Waals surface area contributed by atoms with Gasteiger partial charge in [-0.2, -0.15) is 5.10 Å². The fourth-order valence-electron chi connectivity index (χ4n) is 2.50. The van der Waals surface area contributed by atoms with Gasteiger partial charge in [-0.25, -0.2) is 8.42 Å². The first kappa shape index (κ1) is 13.2. The number of anilines is 1. The maximum Gasteiger partial charge on any atom is 0.152 e. The summed E-state index contributed by atoms with van der Waals surface area (Å²) in [6.07, 6.45) is 4.34. The molecule has 1 saturated heterocycles. The van der Waals surface area contributed by atoms with Gasteiger partial charge in [-0.15, -0.1) is 0 Å². The van der Waals surface area contributed by atoms with Gasteiger partial charge in [-0.3, -0.25) is 4.68 Å². The number of hydrogen-bond donors (Lipinski definition) is 1. The molecular formula is C14H17N3O2S. The molecule has 106 valence electrons. The van der Waals surface area contributed by atoms with Crippen molar-refractivity contribution in [1.29, 1.82) is 0 Å². The van der Waals surface area contributed by atoms with Crippen LogP contribution in [-0.4, -0.2) is 35.7 Å². The van der Waals surface area contributed by atoms with Crippen molar-refractivity contribution in [3.8, 4) is 0 Å². The van der Waals surface area contributed by atoms with Gasteiger partial charge in [0.25, 0.3) is 0 Å². The highest BCUT2D eigenvalue weighted by Gasteiger charge is 2.27. The molecule has 1 aromatic heterocycles. The molecule has 3 rings (SSSR count). The molecule has 2 heterocycles. The van der Waals surface area contributed by atoms with Crippen molar-refractivity contribution in [3.63, 3.8) is 0 Å². The van der Waals surface area contributed by atoms with Crippen molar-refractivity contribution in [1.82, 2.24) is 9.78 Å². The molecule has 1 aromatic carbocycles. The molecule has 2 aromatic rings. The Kier molecular flexibility index (Phi) is 3.48. The van der Waals surface area contributed by atoms with Gasteiger partial charge in [0.15, 0.2) is 9.84 Å². The number of aromatic nitrogens is 2. The molecule has 0 amide bonds. The lowest BCUT2D eigenvalue weighted by atomic mass is 10.1. The van der Waals surface area contributed by atoms with Crippen molar-refractivity contribution < 1.29 is 8.42 Å². The molecular weight excluding hydrogens is 274 g/mol. The molecule has 0 radical (unpaired) electrons. The Morgan fingerprint density at radius 3 is 2.85 bits per heavy atom. The first-order valence-electron chi connectivity index (χ1n) is 6.65. The van der Waals surface area contributed by atoms with Crippen LogP contribution < -0.4 is 5.32 Å². The van der Waals surface area contributed by atoms with E-state index in [0.717, 1.165) is 11.3 Å². The largest absolute Gasteiger partial charge is 0.381 e. The van der Waals surface area contributed by atoms with E-state index < -0.39 is 9.84 Å². The predicted molar refractivity (Wildman–Crippen MR) is 78.5 cm³/mol. The zero-order valence-corrected chi connectivity index (χ0v) is 11.9. The van der Waals surface area contributed by atoms with Crippen LogP contribution in [-0.2, 0) is 16.4 Å². The van der Waals surface area contributed by atoms with Crippen LogP contribution in [0.1, 0.15) is 12.0 Å². The number of nitrogens with zero attached hydrogens (tertiary/aromatic N) is 2. The van der Waals surface area contributed by atoms with Crippen molar-refractivity contribution in [2.75, 3.05) is 16.8 Å². The monoisotopic (exact) mass is 291 g/mol. The smallest absolute Gasteiger partial charge is 0.152 e. The van der Waals surface area contributed by atoms with Crippen molar-refractivity contribution >= 4 is 15.5 Å². The lowest BCUT2D eigenvalue weighted by molar-refractivity contribution is 0.602. The first-order valence-corrected chi connectivity index (χ1v) is 8.47. The summed E-state index contributed by atoms with van der Waals surface area (Å²) in [5.74, 6) is 0.509. The van der Waals surface area contributed by atoms with E-state index in [1.54, 1.807) is 6.20 Å². The minimum atomic E-state index is -2.86. The Morgan fingerprint density at radius 2 is 2.15 bits per heavy atom. The average molecular weight is 291 g/mol. The topological polar surface area (TPSA) is 64.0 Å². The summed E-state index contributed by atoms with van der Waals surface area (Å²) in [6, 6.07) is 9.86. The maximum absolute atomic E-state index is 11.5. The molecule has 1 fully saturated rings. The second-order valence-electron chi connectivity index (χ2n) is 5.11. The van der Waals surface area contributed by atoms with Crippen LogP contribution in [0.5, 0.6) is 0 Å². The van der Waals surface area contributed by atoms with Crippen molar-refractivity contribution in [2.45, 2.75) is 19.0 Å². The van der Waals surface area contributed by atoms with Gasteiger partial charge >= 0.3 is 0 Å². The third-order valence-electron chi connectivity index (χ3n) is 3.50. The van der Waals surface area contributed by atoms with Gasteiger partial charge in [-0.05, 0) is 24.1 Å². The van der Waals surface area contributed by atoms with Crippen LogP contribution in [0.25, 0.3) is 0 Å².